The Morgan fingerprint density at radius 3 is 2.53 bits per heavy atom. The third kappa shape index (κ3) is 6.64. The molecule has 0 aliphatic carbocycles. The monoisotopic (exact) mass is 500 g/mol. The van der Waals surface area contributed by atoms with Crippen LogP contribution in [0.2, 0.25) is 5.02 Å². The van der Waals surface area contributed by atoms with Crippen LogP contribution >= 0.6 is 11.6 Å². The van der Waals surface area contributed by atoms with Gasteiger partial charge in [-0.25, -0.2) is 9.78 Å². The van der Waals surface area contributed by atoms with Crippen molar-refractivity contribution in [3.8, 4) is 11.5 Å². The molecular formula is C30H29ClN2O3. The molecule has 0 spiro atoms. The van der Waals surface area contributed by atoms with Crippen molar-refractivity contribution in [3.05, 3.63) is 118 Å². The van der Waals surface area contributed by atoms with Crippen LogP contribution in [0.15, 0.2) is 90.6 Å². The highest BCUT2D eigenvalue weighted by Crippen LogP contribution is 2.25. The summed E-state index contributed by atoms with van der Waals surface area (Å²) in [5.41, 5.74) is 2.83. The molecule has 0 saturated heterocycles. The van der Waals surface area contributed by atoms with Crippen LogP contribution in [0.5, 0.6) is 11.5 Å². The normalized spacial score (nSPS) is 11.4. The first kappa shape index (κ1) is 25.3. The number of unbranched alkanes of at least 4 members (excludes halogenated alkanes) is 1. The smallest absolute Gasteiger partial charge is 0.331 e. The summed E-state index contributed by atoms with van der Waals surface area (Å²) in [4.78, 5) is 16.9. The summed E-state index contributed by atoms with van der Waals surface area (Å²) in [5.74, 6) is 1.34. The van der Waals surface area contributed by atoms with Crippen LogP contribution in [-0.2, 0) is 24.2 Å². The van der Waals surface area contributed by atoms with Gasteiger partial charge >= 0.3 is 5.97 Å². The number of carbonyl (C=O) groups is 1. The average molecular weight is 501 g/mol. The summed E-state index contributed by atoms with van der Waals surface area (Å²) in [6, 6.07) is 24.7. The number of benzene rings is 3. The first-order valence-electron chi connectivity index (χ1n) is 12.1. The van der Waals surface area contributed by atoms with Gasteiger partial charge in [0.25, 0.3) is 0 Å². The highest BCUT2D eigenvalue weighted by atomic mass is 35.5. The molecule has 1 aromatic heterocycles. The van der Waals surface area contributed by atoms with Crippen molar-refractivity contribution in [3.63, 3.8) is 0 Å². The second kappa shape index (κ2) is 12.2. The highest BCUT2D eigenvalue weighted by molar-refractivity contribution is 6.31. The summed E-state index contributed by atoms with van der Waals surface area (Å²) < 4.78 is 7.99. The van der Waals surface area contributed by atoms with Crippen molar-refractivity contribution >= 4 is 23.6 Å². The van der Waals surface area contributed by atoms with Gasteiger partial charge in [0.05, 0.1) is 18.4 Å². The van der Waals surface area contributed by atoms with E-state index in [1.54, 1.807) is 12.3 Å². The van der Waals surface area contributed by atoms with E-state index in [0.29, 0.717) is 17.3 Å². The Morgan fingerprint density at radius 1 is 1.03 bits per heavy atom. The Bertz CT molecular complexity index is 1350. The van der Waals surface area contributed by atoms with Gasteiger partial charge in [0, 0.05) is 23.4 Å². The number of aryl methyl sites for hydroxylation is 1. The van der Waals surface area contributed by atoms with Gasteiger partial charge in [0.1, 0.15) is 17.3 Å². The maximum atomic E-state index is 12.2. The second-order valence-electron chi connectivity index (χ2n) is 8.59. The number of ether oxygens (including phenoxy) is 1. The Balaban J connectivity index is 1.63. The van der Waals surface area contributed by atoms with Crippen LogP contribution in [0.25, 0.3) is 6.08 Å². The molecule has 4 rings (SSSR count). The number of nitrogens with zero attached hydrogens (tertiary/aromatic N) is 2. The maximum absolute atomic E-state index is 12.2. The molecule has 0 aliphatic rings. The van der Waals surface area contributed by atoms with Crippen molar-refractivity contribution in [1.82, 2.24) is 9.55 Å². The molecule has 0 fully saturated rings. The number of rotatable bonds is 11. The Hall–Kier alpha value is -3.83. The molecule has 0 saturated carbocycles. The summed E-state index contributed by atoms with van der Waals surface area (Å²) in [6.07, 6.45) is 6.58. The van der Waals surface area contributed by atoms with Gasteiger partial charge in [-0.1, -0.05) is 73.5 Å². The number of carboxylic acids is 1. The maximum Gasteiger partial charge on any atom is 0.331 e. The van der Waals surface area contributed by atoms with E-state index >= 15 is 0 Å². The number of carboxylic acid groups (broad SMARTS) is 1. The van der Waals surface area contributed by atoms with Crippen molar-refractivity contribution in [2.75, 3.05) is 0 Å². The zero-order valence-electron chi connectivity index (χ0n) is 20.2. The second-order valence-corrected chi connectivity index (χ2v) is 9.00. The number of aliphatic carboxylic acids is 1. The number of para-hydroxylation sites is 1. The van der Waals surface area contributed by atoms with Crippen molar-refractivity contribution < 1.29 is 14.6 Å². The highest BCUT2D eigenvalue weighted by Gasteiger charge is 2.15. The molecule has 5 nitrogen and oxygen atoms in total. The number of aromatic nitrogens is 2. The first-order chi connectivity index (χ1) is 17.5. The minimum atomic E-state index is -0.968. The number of halogens is 1. The molecule has 1 heterocycles. The van der Waals surface area contributed by atoms with E-state index in [9.17, 15) is 9.90 Å². The van der Waals surface area contributed by atoms with Crippen LogP contribution < -0.4 is 4.74 Å². The Kier molecular flexibility index (Phi) is 8.58. The zero-order chi connectivity index (χ0) is 25.3. The van der Waals surface area contributed by atoms with Crippen LogP contribution in [-0.4, -0.2) is 20.6 Å². The van der Waals surface area contributed by atoms with Gasteiger partial charge in [-0.05, 0) is 54.0 Å². The SMILES string of the molecule is CCCCc1ncc(/C=C(\Cc2cccc(Oc3ccccc3)c2)C(=O)O)n1Cc1ccccc1Cl. The fraction of sp³-hybridized carbons (Fsp3) is 0.200. The molecule has 3 aromatic carbocycles. The predicted molar refractivity (Wildman–Crippen MR) is 144 cm³/mol. The van der Waals surface area contributed by atoms with E-state index in [-0.39, 0.29) is 12.0 Å². The number of hydrogen-bond acceptors (Lipinski definition) is 3. The molecule has 4 aromatic rings. The lowest BCUT2D eigenvalue weighted by atomic mass is 10.0. The summed E-state index contributed by atoms with van der Waals surface area (Å²) in [7, 11) is 0. The summed E-state index contributed by atoms with van der Waals surface area (Å²) in [5, 5.41) is 10.7. The van der Waals surface area contributed by atoms with Crippen LogP contribution in [0.4, 0.5) is 0 Å². The molecule has 0 amide bonds. The predicted octanol–water partition coefficient (Wildman–Crippen LogP) is 7.43. The lowest BCUT2D eigenvalue weighted by Crippen LogP contribution is -2.09. The third-order valence-electron chi connectivity index (χ3n) is 5.88. The van der Waals surface area contributed by atoms with Crippen molar-refractivity contribution in [2.45, 2.75) is 39.2 Å². The molecule has 6 heteroatoms. The molecule has 0 radical (unpaired) electrons. The quantitative estimate of drug-likeness (QED) is 0.217. The lowest BCUT2D eigenvalue weighted by molar-refractivity contribution is -0.132. The lowest BCUT2D eigenvalue weighted by Gasteiger charge is -2.13. The Labute approximate surface area is 216 Å². The van der Waals surface area contributed by atoms with E-state index in [2.05, 4.69) is 16.5 Å². The van der Waals surface area contributed by atoms with Gasteiger partial charge in [0.2, 0.25) is 0 Å². The standard InChI is InChI=1S/C30H29ClN2O3/c1-2-3-16-29-32-20-25(33(29)21-23-11-7-8-15-28(23)31)19-24(30(34)35)17-22-10-9-14-27(18-22)36-26-12-5-4-6-13-26/h4-15,18-20H,2-3,16-17,21H2,1H3,(H,34,35)/b24-19+. The van der Waals surface area contributed by atoms with E-state index in [0.717, 1.165) is 47.7 Å². The fourth-order valence-corrected chi connectivity index (χ4v) is 4.18. The fourth-order valence-electron chi connectivity index (χ4n) is 3.99. The minimum Gasteiger partial charge on any atom is -0.478 e. The van der Waals surface area contributed by atoms with Gasteiger partial charge in [-0.15, -0.1) is 0 Å². The molecule has 0 unspecified atom stereocenters. The molecule has 36 heavy (non-hydrogen) atoms. The first-order valence-corrected chi connectivity index (χ1v) is 12.4. The average Bonchev–Trinajstić information content (AvgIpc) is 3.25. The van der Waals surface area contributed by atoms with E-state index in [1.165, 1.54) is 0 Å². The molecule has 184 valence electrons. The molecule has 0 atom stereocenters. The Morgan fingerprint density at radius 2 is 1.78 bits per heavy atom. The minimum absolute atomic E-state index is 0.253. The third-order valence-corrected chi connectivity index (χ3v) is 6.25. The van der Waals surface area contributed by atoms with Gasteiger partial charge < -0.3 is 14.4 Å². The van der Waals surface area contributed by atoms with Gasteiger partial charge in [-0.3, -0.25) is 0 Å². The largest absolute Gasteiger partial charge is 0.478 e. The van der Waals surface area contributed by atoms with Crippen LogP contribution in [0.1, 0.15) is 42.4 Å². The van der Waals surface area contributed by atoms with Crippen molar-refractivity contribution in [1.29, 1.82) is 0 Å². The topological polar surface area (TPSA) is 64.3 Å². The molecular weight excluding hydrogens is 472 g/mol. The summed E-state index contributed by atoms with van der Waals surface area (Å²) in [6.45, 7) is 2.66. The van der Waals surface area contributed by atoms with E-state index < -0.39 is 5.97 Å². The molecule has 1 N–H and O–H groups in total. The van der Waals surface area contributed by atoms with Crippen LogP contribution in [0, 0.1) is 0 Å². The van der Waals surface area contributed by atoms with Gasteiger partial charge in [-0.2, -0.15) is 0 Å². The number of hydrogen-bond donors (Lipinski definition) is 1. The number of imidazole rings is 1. The zero-order valence-corrected chi connectivity index (χ0v) is 21.0. The molecule has 0 bridgehead atoms. The van der Waals surface area contributed by atoms with Crippen LogP contribution in [0.3, 0.4) is 0 Å². The van der Waals surface area contributed by atoms with Crippen molar-refractivity contribution in [2.24, 2.45) is 0 Å². The molecule has 0 aliphatic heterocycles. The van der Waals surface area contributed by atoms with Gasteiger partial charge in [0.15, 0.2) is 0 Å². The van der Waals surface area contributed by atoms with E-state index in [4.69, 9.17) is 16.3 Å². The summed E-state index contributed by atoms with van der Waals surface area (Å²) >= 11 is 6.43. The van der Waals surface area contributed by atoms with E-state index in [1.807, 2.05) is 78.9 Å².